The average Bonchev–Trinajstić information content (AvgIpc) is 2.56. The summed E-state index contributed by atoms with van der Waals surface area (Å²) in [6.07, 6.45) is 0. The van der Waals surface area contributed by atoms with Gasteiger partial charge in [-0.1, -0.05) is 12.1 Å². The highest BCUT2D eigenvalue weighted by Gasteiger charge is 2.12. The fraction of sp³-hybridized carbons (Fsp3) is 0.125. The highest BCUT2D eigenvalue weighted by atomic mass is 32.1. The second kappa shape index (κ2) is 7.55. The number of thiocarbonyl (C=S) groups is 1. The number of methoxy groups -OCH3 is 2. The van der Waals surface area contributed by atoms with Crippen molar-refractivity contribution in [3.8, 4) is 11.5 Å². The van der Waals surface area contributed by atoms with E-state index in [9.17, 15) is 9.18 Å². The molecule has 0 saturated heterocycles. The molecule has 5 nitrogen and oxygen atoms in total. The van der Waals surface area contributed by atoms with Crippen LogP contribution < -0.4 is 20.1 Å². The van der Waals surface area contributed by atoms with Gasteiger partial charge in [0.2, 0.25) is 0 Å². The van der Waals surface area contributed by atoms with Crippen LogP contribution in [0.4, 0.5) is 10.1 Å². The third-order valence-electron chi connectivity index (χ3n) is 2.96. The van der Waals surface area contributed by atoms with Crippen LogP contribution in [0.2, 0.25) is 0 Å². The third kappa shape index (κ3) is 4.40. The average molecular weight is 334 g/mol. The van der Waals surface area contributed by atoms with Crippen LogP contribution in [0.25, 0.3) is 0 Å². The number of nitrogens with one attached hydrogen (secondary N) is 2. The minimum Gasteiger partial charge on any atom is -0.497 e. The largest absolute Gasteiger partial charge is 0.497 e. The molecule has 0 radical (unpaired) electrons. The molecule has 120 valence electrons. The van der Waals surface area contributed by atoms with E-state index >= 15 is 0 Å². The Morgan fingerprint density at radius 2 is 1.70 bits per heavy atom. The van der Waals surface area contributed by atoms with E-state index in [1.165, 1.54) is 26.4 Å². The van der Waals surface area contributed by atoms with E-state index in [1.807, 2.05) is 0 Å². The van der Waals surface area contributed by atoms with Gasteiger partial charge in [0, 0.05) is 11.6 Å². The van der Waals surface area contributed by atoms with Crippen molar-refractivity contribution in [2.24, 2.45) is 0 Å². The lowest BCUT2D eigenvalue weighted by Gasteiger charge is -2.11. The van der Waals surface area contributed by atoms with Crippen molar-refractivity contribution >= 4 is 28.9 Å². The standard InChI is InChI=1S/C16H15FN2O3S/c1-21-11-7-10(8-12(9-11)22-2)15(20)19-16(23)18-14-6-4-3-5-13(14)17/h3-9H,1-2H3,(H2,18,19,20,23). The van der Waals surface area contributed by atoms with Gasteiger partial charge >= 0.3 is 0 Å². The molecule has 0 saturated carbocycles. The molecule has 0 aliphatic heterocycles. The fourth-order valence-corrected chi connectivity index (χ4v) is 2.03. The summed E-state index contributed by atoms with van der Waals surface area (Å²) in [5.41, 5.74) is 0.486. The van der Waals surface area contributed by atoms with Crippen molar-refractivity contribution in [2.75, 3.05) is 19.5 Å². The maximum Gasteiger partial charge on any atom is 0.257 e. The van der Waals surface area contributed by atoms with E-state index in [-0.39, 0.29) is 10.8 Å². The molecule has 1 amide bonds. The van der Waals surface area contributed by atoms with Gasteiger partial charge in [-0.2, -0.15) is 0 Å². The number of carbonyl (C=O) groups is 1. The van der Waals surface area contributed by atoms with Crippen LogP contribution in [0.5, 0.6) is 11.5 Å². The third-order valence-corrected chi connectivity index (χ3v) is 3.17. The molecule has 0 unspecified atom stereocenters. The smallest absolute Gasteiger partial charge is 0.257 e. The molecule has 2 aromatic carbocycles. The van der Waals surface area contributed by atoms with Crippen LogP contribution in [0, 0.1) is 5.82 Å². The van der Waals surface area contributed by atoms with Crippen molar-refractivity contribution < 1.29 is 18.7 Å². The number of anilines is 1. The highest BCUT2D eigenvalue weighted by Crippen LogP contribution is 2.22. The lowest BCUT2D eigenvalue weighted by atomic mass is 10.2. The number of hydrogen-bond donors (Lipinski definition) is 2. The molecule has 0 atom stereocenters. The second-order valence-corrected chi connectivity index (χ2v) is 4.90. The second-order valence-electron chi connectivity index (χ2n) is 4.49. The molecule has 0 spiro atoms. The molecule has 2 aromatic rings. The summed E-state index contributed by atoms with van der Waals surface area (Å²) >= 11 is 5.02. The Bertz CT molecular complexity index is 715. The van der Waals surface area contributed by atoms with Crippen LogP contribution in [0.1, 0.15) is 10.4 Å². The predicted molar refractivity (Wildman–Crippen MR) is 89.6 cm³/mol. The summed E-state index contributed by atoms with van der Waals surface area (Å²) in [5, 5.41) is 5.10. The number of hydrogen-bond acceptors (Lipinski definition) is 4. The number of halogens is 1. The van der Waals surface area contributed by atoms with E-state index in [1.54, 1.807) is 30.3 Å². The van der Waals surface area contributed by atoms with Gasteiger partial charge < -0.3 is 14.8 Å². The molecule has 0 aliphatic carbocycles. The van der Waals surface area contributed by atoms with Gasteiger partial charge in [-0.3, -0.25) is 10.1 Å². The van der Waals surface area contributed by atoms with Crippen LogP contribution in [0.15, 0.2) is 42.5 Å². The number of benzene rings is 2. The SMILES string of the molecule is COc1cc(OC)cc(C(=O)NC(=S)Nc2ccccc2F)c1. The molecule has 0 heterocycles. The summed E-state index contributed by atoms with van der Waals surface area (Å²) in [5.74, 6) is 0.0214. The zero-order valence-electron chi connectivity index (χ0n) is 12.6. The first-order valence-electron chi connectivity index (χ1n) is 6.63. The maximum absolute atomic E-state index is 13.5. The Kier molecular flexibility index (Phi) is 5.48. The minimum absolute atomic E-state index is 0.0121. The number of ether oxygens (including phenoxy) is 2. The zero-order valence-corrected chi connectivity index (χ0v) is 13.4. The van der Waals surface area contributed by atoms with Gasteiger partial charge in [-0.05, 0) is 36.5 Å². The van der Waals surface area contributed by atoms with Crippen molar-refractivity contribution in [1.82, 2.24) is 5.32 Å². The summed E-state index contributed by atoms with van der Waals surface area (Å²) in [4.78, 5) is 12.2. The van der Waals surface area contributed by atoms with Crippen molar-refractivity contribution in [3.63, 3.8) is 0 Å². The Hall–Kier alpha value is -2.67. The van der Waals surface area contributed by atoms with Gasteiger partial charge in [0.1, 0.15) is 17.3 Å². The summed E-state index contributed by atoms with van der Waals surface area (Å²) < 4.78 is 23.8. The van der Waals surface area contributed by atoms with Crippen molar-refractivity contribution in [1.29, 1.82) is 0 Å². The van der Waals surface area contributed by atoms with Crippen LogP contribution in [0.3, 0.4) is 0 Å². The van der Waals surface area contributed by atoms with Crippen molar-refractivity contribution in [3.05, 3.63) is 53.8 Å². The first-order chi connectivity index (χ1) is 11.0. The molecule has 7 heteroatoms. The molecule has 0 aliphatic rings. The zero-order chi connectivity index (χ0) is 16.8. The lowest BCUT2D eigenvalue weighted by Crippen LogP contribution is -2.34. The number of rotatable bonds is 4. The topological polar surface area (TPSA) is 59.6 Å². The predicted octanol–water partition coefficient (Wildman–Crippen LogP) is 2.97. The fourth-order valence-electron chi connectivity index (χ4n) is 1.83. The quantitative estimate of drug-likeness (QED) is 0.842. The van der Waals surface area contributed by atoms with Gasteiger partial charge in [-0.15, -0.1) is 0 Å². The van der Waals surface area contributed by atoms with Crippen molar-refractivity contribution in [2.45, 2.75) is 0 Å². The first-order valence-corrected chi connectivity index (χ1v) is 7.04. The number of para-hydroxylation sites is 1. The van der Waals surface area contributed by atoms with Gasteiger partial charge in [0.15, 0.2) is 5.11 Å². The van der Waals surface area contributed by atoms with E-state index in [4.69, 9.17) is 21.7 Å². The first kappa shape index (κ1) is 16.7. The van der Waals surface area contributed by atoms with E-state index in [0.717, 1.165) is 0 Å². The number of amides is 1. The molecular weight excluding hydrogens is 319 g/mol. The lowest BCUT2D eigenvalue weighted by molar-refractivity contribution is 0.0977. The van der Waals surface area contributed by atoms with E-state index < -0.39 is 11.7 Å². The Morgan fingerprint density at radius 3 is 2.26 bits per heavy atom. The van der Waals surface area contributed by atoms with Crippen LogP contribution in [-0.4, -0.2) is 25.2 Å². The molecule has 0 aromatic heterocycles. The Balaban J connectivity index is 2.09. The Labute approximate surface area is 138 Å². The summed E-state index contributed by atoms with van der Waals surface area (Å²) in [7, 11) is 2.97. The molecular formula is C16H15FN2O3S. The van der Waals surface area contributed by atoms with E-state index in [0.29, 0.717) is 17.1 Å². The number of carbonyl (C=O) groups excluding carboxylic acids is 1. The Morgan fingerprint density at radius 1 is 1.09 bits per heavy atom. The molecule has 0 fully saturated rings. The molecule has 0 bridgehead atoms. The van der Waals surface area contributed by atoms with E-state index in [2.05, 4.69) is 10.6 Å². The van der Waals surface area contributed by atoms with Gasteiger partial charge in [0.25, 0.3) is 5.91 Å². The monoisotopic (exact) mass is 334 g/mol. The van der Waals surface area contributed by atoms with Crippen LogP contribution >= 0.6 is 12.2 Å². The minimum atomic E-state index is -0.466. The summed E-state index contributed by atoms with van der Waals surface area (Å²) in [6.45, 7) is 0. The van der Waals surface area contributed by atoms with Crippen LogP contribution in [-0.2, 0) is 0 Å². The molecule has 23 heavy (non-hydrogen) atoms. The normalized spacial score (nSPS) is 9.87. The molecule has 2 N–H and O–H groups in total. The molecule has 2 rings (SSSR count). The highest BCUT2D eigenvalue weighted by molar-refractivity contribution is 7.80. The van der Waals surface area contributed by atoms with Gasteiger partial charge in [-0.25, -0.2) is 4.39 Å². The maximum atomic E-state index is 13.5. The summed E-state index contributed by atoms with van der Waals surface area (Å²) in [6, 6.07) is 10.8. The van der Waals surface area contributed by atoms with Gasteiger partial charge in [0.05, 0.1) is 19.9 Å².